The van der Waals surface area contributed by atoms with Crippen LogP contribution in [0.25, 0.3) is 22.5 Å². The summed E-state index contributed by atoms with van der Waals surface area (Å²) in [6, 6.07) is 9.92. The van der Waals surface area contributed by atoms with Crippen LogP contribution in [0.1, 0.15) is 32.3 Å². The number of carbonyl (C=O) groups is 1. The Kier molecular flexibility index (Phi) is 5.73. The molecule has 0 aliphatic carbocycles. The van der Waals surface area contributed by atoms with Gasteiger partial charge in [-0.05, 0) is 62.7 Å². The molecule has 1 N–H and O–H groups in total. The number of aliphatic hydroxyl groups is 1. The molecule has 8 heteroatoms. The predicted molar refractivity (Wildman–Crippen MR) is 118 cm³/mol. The number of ether oxygens (including phenoxy) is 1. The second-order valence-electron chi connectivity index (χ2n) is 9.10. The molecule has 2 aromatic heterocycles. The Morgan fingerprint density at radius 2 is 1.88 bits per heavy atom. The van der Waals surface area contributed by atoms with E-state index in [2.05, 4.69) is 10.1 Å². The van der Waals surface area contributed by atoms with Crippen molar-refractivity contribution in [3.63, 3.8) is 0 Å². The molecule has 1 saturated heterocycles. The van der Waals surface area contributed by atoms with Crippen LogP contribution in [0.2, 0.25) is 0 Å². The molecule has 4 rings (SSSR count). The summed E-state index contributed by atoms with van der Waals surface area (Å²) in [5.74, 6) is -0.652. The number of pyridine rings is 1. The molecule has 0 spiro atoms. The van der Waals surface area contributed by atoms with Crippen molar-refractivity contribution in [2.75, 3.05) is 13.1 Å². The van der Waals surface area contributed by atoms with E-state index in [-0.39, 0.29) is 18.3 Å². The normalized spacial score (nSPS) is 18.8. The Morgan fingerprint density at radius 1 is 1.16 bits per heavy atom. The monoisotopic (exact) mass is 438 g/mol. The molecule has 168 valence electrons. The summed E-state index contributed by atoms with van der Waals surface area (Å²) in [5, 5.41) is 15.3. The maximum absolute atomic E-state index is 13.4. The van der Waals surface area contributed by atoms with E-state index in [0.717, 1.165) is 22.4 Å². The average molecular weight is 439 g/mol. The van der Waals surface area contributed by atoms with Crippen LogP contribution in [0.4, 0.5) is 9.18 Å². The van der Waals surface area contributed by atoms with Gasteiger partial charge in [0.25, 0.3) is 0 Å². The minimum Gasteiger partial charge on any atom is -0.444 e. The number of aliphatic hydroxyl groups excluding tert-OH is 1. The smallest absolute Gasteiger partial charge is 0.410 e. The first-order chi connectivity index (χ1) is 15.1. The first kappa shape index (κ1) is 22.0. The molecule has 3 heterocycles. The highest BCUT2D eigenvalue weighted by atomic mass is 19.1. The quantitative estimate of drug-likeness (QED) is 0.669. The van der Waals surface area contributed by atoms with Crippen molar-refractivity contribution in [2.45, 2.75) is 38.4 Å². The molecule has 0 radical (unpaired) electrons. The molecule has 32 heavy (non-hydrogen) atoms. The van der Waals surface area contributed by atoms with Crippen molar-refractivity contribution in [3.8, 4) is 22.5 Å². The van der Waals surface area contributed by atoms with E-state index < -0.39 is 17.8 Å². The first-order valence-corrected chi connectivity index (χ1v) is 10.5. The van der Waals surface area contributed by atoms with Crippen LogP contribution in [0.3, 0.4) is 0 Å². The SMILES string of the molecule is Cn1ccc(-c2cc(-c3ccc(F)cc3)ncc2[C@@H]2CN(C(=O)OC(C)(C)C)C[C@H]2O)n1. The van der Waals surface area contributed by atoms with Crippen LogP contribution in [0.15, 0.2) is 48.8 Å². The molecular formula is C24H27FN4O3. The van der Waals surface area contributed by atoms with Gasteiger partial charge in [0.15, 0.2) is 0 Å². The lowest BCUT2D eigenvalue weighted by Crippen LogP contribution is -2.35. The molecule has 0 bridgehead atoms. The van der Waals surface area contributed by atoms with Crippen LogP contribution in [-0.2, 0) is 11.8 Å². The third-order valence-electron chi connectivity index (χ3n) is 5.40. The molecule has 0 saturated carbocycles. The van der Waals surface area contributed by atoms with Gasteiger partial charge in [0.1, 0.15) is 11.4 Å². The van der Waals surface area contributed by atoms with Crippen LogP contribution in [0.5, 0.6) is 0 Å². The van der Waals surface area contributed by atoms with Crippen LogP contribution in [0, 0.1) is 5.82 Å². The fourth-order valence-corrected chi connectivity index (χ4v) is 3.89. The van der Waals surface area contributed by atoms with Crippen molar-refractivity contribution in [3.05, 3.63) is 60.2 Å². The Morgan fingerprint density at radius 3 is 2.50 bits per heavy atom. The molecule has 1 aliphatic rings. The maximum atomic E-state index is 13.4. The third kappa shape index (κ3) is 4.65. The van der Waals surface area contributed by atoms with Gasteiger partial charge >= 0.3 is 6.09 Å². The fourth-order valence-electron chi connectivity index (χ4n) is 3.89. The van der Waals surface area contributed by atoms with Gasteiger partial charge in [-0.15, -0.1) is 0 Å². The number of aromatic nitrogens is 3. The summed E-state index contributed by atoms with van der Waals surface area (Å²) in [4.78, 5) is 18.6. The summed E-state index contributed by atoms with van der Waals surface area (Å²) < 4.78 is 20.5. The van der Waals surface area contributed by atoms with Gasteiger partial charge in [0, 0.05) is 43.0 Å². The minimum atomic E-state index is -0.761. The molecular weight excluding hydrogens is 411 g/mol. The molecule has 1 amide bonds. The second kappa shape index (κ2) is 8.35. The number of carbonyl (C=O) groups excluding carboxylic acids is 1. The number of amides is 1. The summed E-state index contributed by atoms with van der Waals surface area (Å²) in [7, 11) is 1.83. The molecule has 0 unspecified atom stereocenters. The van der Waals surface area contributed by atoms with Gasteiger partial charge in [-0.2, -0.15) is 5.10 Å². The van der Waals surface area contributed by atoms with E-state index in [1.807, 2.05) is 46.1 Å². The van der Waals surface area contributed by atoms with E-state index in [1.165, 1.54) is 17.0 Å². The highest BCUT2D eigenvalue weighted by Crippen LogP contribution is 2.36. The number of nitrogens with zero attached hydrogens (tertiary/aromatic N) is 4. The van der Waals surface area contributed by atoms with Crippen LogP contribution < -0.4 is 0 Å². The van der Waals surface area contributed by atoms with Crippen LogP contribution >= 0.6 is 0 Å². The lowest BCUT2D eigenvalue weighted by atomic mass is 9.91. The number of β-amino-alcohol motifs (C(OH)–C–C–N with tert-alkyl or cyclic N) is 1. The number of hydrogen-bond acceptors (Lipinski definition) is 5. The first-order valence-electron chi connectivity index (χ1n) is 10.5. The van der Waals surface area contributed by atoms with Crippen molar-refractivity contribution in [2.24, 2.45) is 7.05 Å². The summed E-state index contributed by atoms with van der Waals surface area (Å²) in [6.07, 6.45) is 2.35. The van der Waals surface area contributed by atoms with Gasteiger partial charge < -0.3 is 14.7 Å². The van der Waals surface area contributed by atoms with E-state index in [0.29, 0.717) is 12.2 Å². The minimum absolute atomic E-state index is 0.181. The van der Waals surface area contributed by atoms with Crippen LogP contribution in [-0.4, -0.2) is 55.7 Å². The van der Waals surface area contributed by atoms with Gasteiger partial charge in [-0.1, -0.05) is 0 Å². The van der Waals surface area contributed by atoms with E-state index in [1.54, 1.807) is 23.0 Å². The molecule has 1 aliphatic heterocycles. The molecule has 1 fully saturated rings. The largest absolute Gasteiger partial charge is 0.444 e. The van der Waals surface area contributed by atoms with E-state index >= 15 is 0 Å². The van der Waals surface area contributed by atoms with Gasteiger partial charge in [-0.25, -0.2) is 9.18 Å². The number of rotatable bonds is 3. The Balaban J connectivity index is 1.70. The molecule has 1 aromatic carbocycles. The standard InChI is InChI=1S/C24H27FN4O3/c1-24(2,3)32-23(31)29-13-19(22(30)14-29)18-12-26-21(15-5-7-16(25)8-6-15)11-17(18)20-9-10-28(4)27-20/h5-12,19,22,30H,13-14H2,1-4H3/t19-,22+/m0/s1. The zero-order valence-electron chi connectivity index (χ0n) is 18.6. The molecule has 2 atom stereocenters. The number of likely N-dealkylation sites (tertiary alicyclic amines) is 1. The maximum Gasteiger partial charge on any atom is 0.410 e. The Labute approximate surface area is 186 Å². The topological polar surface area (TPSA) is 80.5 Å². The lowest BCUT2D eigenvalue weighted by molar-refractivity contribution is 0.0270. The number of aryl methyl sites for hydroxylation is 1. The zero-order chi connectivity index (χ0) is 23.0. The third-order valence-corrected chi connectivity index (χ3v) is 5.40. The molecule has 3 aromatic rings. The van der Waals surface area contributed by atoms with Crippen molar-refractivity contribution < 1.29 is 19.0 Å². The summed E-state index contributed by atoms with van der Waals surface area (Å²) in [5.41, 5.74) is 3.18. The van der Waals surface area contributed by atoms with E-state index in [9.17, 15) is 14.3 Å². The van der Waals surface area contributed by atoms with Crippen molar-refractivity contribution in [1.29, 1.82) is 0 Å². The molecule has 7 nitrogen and oxygen atoms in total. The number of benzene rings is 1. The highest BCUT2D eigenvalue weighted by Gasteiger charge is 2.38. The highest BCUT2D eigenvalue weighted by molar-refractivity contribution is 5.73. The number of hydrogen-bond donors (Lipinski definition) is 1. The second-order valence-corrected chi connectivity index (χ2v) is 9.10. The van der Waals surface area contributed by atoms with Gasteiger partial charge in [-0.3, -0.25) is 9.67 Å². The number of halogens is 1. The van der Waals surface area contributed by atoms with E-state index in [4.69, 9.17) is 4.74 Å². The predicted octanol–water partition coefficient (Wildman–Crippen LogP) is 3.98. The fraction of sp³-hybridized carbons (Fsp3) is 0.375. The lowest BCUT2D eigenvalue weighted by Gasteiger charge is -2.24. The zero-order valence-corrected chi connectivity index (χ0v) is 18.6. The summed E-state index contributed by atoms with van der Waals surface area (Å²) >= 11 is 0. The summed E-state index contributed by atoms with van der Waals surface area (Å²) in [6.45, 7) is 5.93. The van der Waals surface area contributed by atoms with Gasteiger partial charge in [0.2, 0.25) is 0 Å². The Hall–Kier alpha value is -3.26. The Bertz CT molecular complexity index is 1120. The van der Waals surface area contributed by atoms with Gasteiger partial charge in [0.05, 0.1) is 24.0 Å². The average Bonchev–Trinajstić information content (AvgIpc) is 3.33. The van der Waals surface area contributed by atoms with Crippen molar-refractivity contribution >= 4 is 6.09 Å². The van der Waals surface area contributed by atoms with Crippen molar-refractivity contribution in [1.82, 2.24) is 19.7 Å².